The average molecular weight is 169 g/mol. The van der Waals surface area contributed by atoms with E-state index >= 15 is 0 Å². The van der Waals surface area contributed by atoms with Gasteiger partial charge in [0, 0.05) is 14.2 Å². The molecule has 0 saturated heterocycles. The van der Waals surface area contributed by atoms with Gasteiger partial charge in [-0.25, -0.2) is 0 Å². The van der Waals surface area contributed by atoms with Crippen LogP contribution in [0, 0.1) is 0 Å². The van der Waals surface area contributed by atoms with Crippen molar-refractivity contribution >= 4 is 20.2 Å². The molecule has 0 amide bonds. The van der Waals surface area contributed by atoms with Gasteiger partial charge in [0.2, 0.25) is 0 Å². The molecule has 0 aliphatic carbocycles. The third kappa shape index (κ3) is 4.86. The minimum atomic E-state index is -0.295. The highest BCUT2D eigenvalue weighted by atomic mass is 35.6. The predicted octanol–water partition coefficient (Wildman–Crippen LogP) is 0.395. The maximum absolute atomic E-state index is 5.25. The zero-order valence-corrected chi connectivity index (χ0v) is 7.14. The Bertz CT molecular complexity index is 59.8. The Morgan fingerprint density at radius 1 is 1.44 bits per heavy atom. The largest absolute Gasteiger partial charge is 0.397 e. The SMILES string of the molecule is COC(CO[Si]Cl)OC. The lowest BCUT2D eigenvalue weighted by molar-refractivity contribution is -0.121. The summed E-state index contributed by atoms with van der Waals surface area (Å²) in [7, 11) is 3.07. The van der Waals surface area contributed by atoms with E-state index in [2.05, 4.69) is 0 Å². The third-order valence-electron chi connectivity index (χ3n) is 0.800. The maximum atomic E-state index is 5.25. The molecule has 0 heterocycles. The fraction of sp³-hybridized carbons (Fsp3) is 1.00. The first-order valence-electron chi connectivity index (χ1n) is 2.38. The van der Waals surface area contributed by atoms with Gasteiger partial charge in [-0.3, -0.25) is 0 Å². The molecule has 0 aromatic rings. The van der Waals surface area contributed by atoms with Gasteiger partial charge in [-0.15, -0.1) is 11.1 Å². The summed E-state index contributed by atoms with van der Waals surface area (Å²) in [6.45, 7) is 0.384. The van der Waals surface area contributed by atoms with Gasteiger partial charge in [0.25, 0.3) is 0 Å². The van der Waals surface area contributed by atoms with E-state index in [4.69, 9.17) is 25.0 Å². The van der Waals surface area contributed by atoms with Crippen LogP contribution >= 0.6 is 11.1 Å². The summed E-state index contributed by atoms with van der Waals surface area (Å²) in [5, 5.41) is 0. The first-order chi connectivity index (χ1) is 4.35. The zero-order chi connectivity index (χ0) is 7.11. The van der Waals surface area contributed by atoms with Crippen LogP contribution in [0.5, 0.6) is 0 Å². The normalized spacial score (nSPS) is 10.7. The van der Waals surface area contributed by atoms with Crippen molar-refractivity contribution in [2.45, 2.75) is 6.29 Å². The van der Waals surface area contributed by atoms with Crippen molar-refractivity contribution in [1.29, 1.82) is 0 Å². The molecule has 0 bridgehead atoms. The lowest BCUT2D eigenvalue weighted by atomic mass is 10.7. The van der Waals surface area contributed by atoms with E-state index in [0.717, 1.165) is 0 Å². The predicted molar refractivity (Wildman–Crippen MR) is 35.4 cm³/mol. The van der Waals surface area contributed by atoms with Crippen LogP contribution in [-0.2, 0) is 13.9 Å². The minimum Gasteiger partial charge on any atom is -0.397 e. The maximum Gasteiger partial charge on any atom is 0.356 e. The molecule has 0 spiro atoms. The number of ether oxygens (including phenoxy) is 2. The first kappa shape index (κ1) is 9.39. The van der Waals surface area contributed by atoms with E-state index in [0.29, 0.717) is 6.61 Å². The minimum absolute atomic E-state index is 0.0312. The molecule has 3 nitrogen and oxygen atoms in total. The molecular weight excluding hydrogens is 160 g/mol. The Balaban J connectivity index is 3.09. The summed E-state index contributed by atoms with van der Waals surface area (Å²) in [6, 6.07) is 0. The lowest BCUT2D eigenvalue weighted by Crippen LogP contribution is -2.20. The van der Waals surface area contributed by atoms with Crippen molar-refractivity contribution < 1.29 is 13.9 Å². The summed E-state index contributed by atoms with van der Waals surface area (Å²) in [4.78, 5) is 0. The van der Waals surface area contributed by atoms with Crippen LogP contribution in [0.4, 0.5) is 0 Å². The second-order valence-corrected chi connectivity index (χ2v) is 2.20. The molecule has 54 valence electrons. The Kier molecular flexibility index (Phi) is 6.79. The fourth-order valence-electron chi connectivity index (χ4n) is 0.332. The van der Waals surface area contributed by atoms with Crippen LogP contribution in [-0.4, -0.2) is 36.2 Å². The topological polar surface area (TPSA) is 27.7 Å². The van der Waals surface area contributed by atoms with Crippen LogP contribution in [0.15, 0.2) is 0 Å². The van der Waals surface area contributed by atoms with Gasteiger partial charge in [-0.1, -0.05) is 0 Å². The highest BCUT2D eigenvalue weighted by molar-refractivity contribution is 6.89. The van der Waals surface area contributed by atoms with E-state index in [1.165, 1.54) is 0 Å². The molecule has 0 atom stereocenters. The summed E-state index contributed by atoms with van der Waals surface area (Å²) in [5.41, 5.74) is 0. The van der Waals surface area contributed by atoms with Crippen LogP contribution < -0.4 is 0 Å². The second kappa shape index (κ2) is 6.51. The Morgan fingerprint density at radius 3 is 2.33 bits per heavy atom. The van der Waals surface area contributed by atoms with Crippen molar-refractivity contribution in [2.75, 3.05) is 20.8 Å². The van der Waals surface area contributed by atoms with Crippen molar-refractivity contribution in [2.24, 2.45) is 0 Å². The summed E-state index contributed by atoms with van der Waals surface area (Å²) >= 11 is 5.25. The van der Waals surface area contributed by atoms with Gasteiger partial charge in [-0.05, 0) is 0 Å². The molecule has 0 aliphatic heterocycles. The molecule has 2 radical (unpaired) electrons. The Morgan fingerprint density at radius 2 is 2.00 bits per heavy atom. The second-order valence-electron chi connectivity index (χ2n) is 1.29. The summed E-state index contributed by atoms with van der Waals surface area (Å²) < 4.78 is 14.4. The number of hydrogen-bond acceptors (Lipinski definition) is 3. The standard InChI is InChI=1S/C4H9ClO3Si/c1-6-4(7-2)3-8-9-5/h4H,3H2,1-2H3. The van der Waals surface area contributed by atoms with Crippen molar-refractivity contribution in [1.82, 2.24) is 0 Å². The van der Waals surface area contributed by atoms with Crippen molar-refractivity contribution in [3.8, 4) is 0 Å². The van der Waals surface area contributed by atoms with Crippen LogP contribution in [0.1, 0.15) is 0 Å². The fourth-order valence-corrected chi connectivity index (χ4v) is 0.720. The van der Waals surface area contributed by atoms with E-state index in [1.54, 1.807) is 14.2 Å². The number of halogens is 1. The molecule has 0 fully saturated rings. The molecule has 0 aromatic carbocycles. The highest BCUT2D eigenvalue weighted by Gasteiger charge is 2.02. The van der Waals surface area contributed by atoms with Gasteiger partial charge in [0.1, 0.15) is 0 Å². The van der Waals surface area contributed by atoms with E-state index < -0.39 is 0 Å². The van der Waals surface area contributed by atoms with E-state index in [9.17, 15) is 0 Å². The Hall–Kier alpha value is 0.387. The average Bonchev–Trinajstić information content (AvgIpc) is 1.91. The summed E-state index contributed by atoms with van der Waals surface area (Å²) in [5.74, 6) is 0. The molecule has 0 N–H and O–H groups in total. The van der Waals surface area contributed by atoms with Crippen molar-refractivity contribution in [3.05, 3.63) is 0 Å². The molecule has 0 rings (SSSR count). The van der Waals surface area contributed by atoms with Gasteiger partial charge in [-0.2, -0.15) is 0 Å². The molecule has 0 aromatic heterocycles. The molecular formula is C4H9ClO3Si. The molecule has 0 unspecified atom stereocenters. The number of rotatable bonds is 5. The summed E-state index contributed by atoms with van der Waals surface area (Å²) in [6.07, 6.45) is -0.295. The molecule has 5 heteroatoms. The molecule has 0 saturated carbocycles. The smallest absolute Gasteiger partial charge is 0.356 e. The van der Waals surface area contributed by atoms with Crippen LogP contribution in [0.3, 0.4) is 0 Å². The lowest BCUT2D eigenvalue weighted by Gasteiger charge is -2.11. The molecule has 0 aliphatic rings. The number of methoxy groups -OCH3 is 2. The van der Waals surface area contributed by atoms with Gasteiger partial charge < -0.3 is 13.9 Å². The zero-order valence-electron chi connectivity index (χ0n) is 5.39. The first-order valence-corrected chi connectivity index (χ1v) is 4.30. The monoisotopic (exact) mass is 168 g/mol. The quantitative estimate of drug-likeness (QED) is 0.338. The highest BCUT2D eigenvalue weighted by Crippen LogP contribution is 1.90. The molecule has 9 heavy (non-hydrogen) atoms. The van der Waals surface area contributed by atoms with Crippen LogP contribution in [0.2, 0.25) is 0 Å². The van der Waals surface area contributed by atoms with E-state index in [1.807, 2.05) is 0 Å². The van der Waals surface area contributed by atoms with Crippen LogP contribution in [0.25, 0.3) is 0 Å². The van der Waals surface area contributed by atoms with Crippen molar-refractivity contribution in [3.63, 3.8) is 0 Å². The van der Waals surface area contributed by atoms with Gasteiger partial charge in [0.15, 0.2) is 6.29 Å². The Labute approximate surface area is 61.9 Å². The third-order valence-corrected chi connectivity index (χ3v) is 1.40. The van der Waals surface area contributed by atoms with Gasteiger partial charge in [0.05, 0.1) is 6.61 Å². The van der Waals surface area contributed by atoms with Gasteiger partial charge >= 0.3 is 9.07 Å². The van der Waals surface area contributed by atoms with E-state index in [-0.39, 0.29) is 15.4 Å². The number of hydrogen-bond donors (Lipinski definition) is 0.